The first kappa shape index (κ1) is 20.3. The molecule has 8 heteroatoms. The fourth-order valence-electron chi connectivity index (χ4n) is 2.20. The molecule has 0 radical (unpaired) electrons. The second-order valence-corrected chi connectivity index (χ2v) is 5.91. The predicted octanol–water partition coefficient (Wildman–Crippen LogP) is 4.54. The molecule has 0 aliphatic heterocycles. The Bertz CT molecular complexity index is 874. The number of rotatable bonds is 6. The summed E-state index contributed by atoms with van der Waals surface area (Å²) in [6.07, 6.45) is -2.96. The molecule has 2 N–H and O–H groups in total. The van der Waals surface area contributed by atoms with Crippen LogP contribution in [0.3, 0.4) is 0 Å². The van der Waals surface area contributed by atoms with Crippen molar-refractivity contribution in [1.82, 2.24) is 5.32 Å². The Balaban J connectivity index is 1.99. The third-order valence-electron chi connectivity index (χ3n) is 3.56. The first-order valence-electron chi connectivity index (χ1n) is 7.87. The predicted molar refractivity (Wildman–Crippen MR) is 96.9 cm³/mol. The molecule has 0 aliphatic rings. The van der Waals surface area contributed by atoms with Gasteiger partial charge in [-0.1, -0.05) is 41.9 Å². The highest BCUT2D eigenvalue weighted by atomic mass is 35.5. The minimum absolute atomic E-state index is 0.0524. The van der Waals surface area contributed by atoms with Crippen LogP contribution in [0.1, 0.15) is 11.1 Å². The highest BCUT2D eigenvalue weighted by Gasteiger charge is 2.33. The molecule has 4 nitrogen and oxygen atoms in total. The molecule has 0 saturated carbocycles. The van der Waals surface area contributed by atoms with Gasteiger partial charge in [0.1, 0.15) is 11.6 Å². The summed E-state index contributed by atoms with van der Waals surface area (Å²) in [5.74, 6) is -0.620. The van der Waals surface area contributed by atoms with Gasteiger partial charge in [-0.15, -0.1) is 0 Å². The van der Waals surface area contributed by atoms with Crippen molar-refractivity contribution in [2.24, 2.45) is 0 Å². The average molecular weight is 394 g/mol. The van der Waals surface area contributed by atoms with Gasteiger partial charge < -0.3 is 10.6 Å². The summed E-state index contributed by atoms with van der Waals surface area (Å²) in [6, 6.07) is 14.4. The molecular weight excluding hydrogens is 379 g/mol. The van der Waals surface area contributed by atoms with E-state index in [0.717, 1.165) is 23.9 Å². The van der Waals surface area contributed by atoms with Crippen molar-refractivity contribution in [2.75, 3.05) is 11.9 Å². The molecular formula is C19H15ClF3N3O. The van der Waals surface area contributed by atoms with E-state index in [1.54, 1.807) is 6.07 Å². The van der Waals surface area contributed by atoms with Crippen LogP contribution in [-0.2, 0) is 17.4 Å². The molecule has 0 heterocycles. The lowest BCUT2D eigenvalue weighted by molar-refractivity contribution is -0.137. The quantitative estimate of drug-likeness (QED) is 0.559. The monoisotopic (exact) mass is 393 g/mol. The van der Waals surface area contributed by atoms with Crippen LogP contribution in [0.25, 0.3) is 0 Å². The average Bonchev–Trinajstić information content (AvgIpc) is 2.63. The molecule has 0 unspecified atom stereocenters. The zero-order chi connectivity index (χ0) is 19.9. The number of carbonyl (C=O) groups is 1. The Labute approximate surface area is 159 Å². The summed E-state index contributed by atoms with van der Waals surface area (Å²) in [4.78, 5) is 12.0. The van der Waals surface area contributed by atoms with Gasteiger partial charge in [0, 0.05) is 18.4 Å². The molecule has 2 aromatic carbocycles. The fourth-order valence-corrected chi connectivity index (χ4v) is 2.42. The third kappa shape index (κ3) is 6.04. The van der Waals surface area contributed by atoms with E-state index >= 15 is 0 Å². The molecule has 0 spiro atoms. The number of nitriles is 1. The SMILES string of the molecule is N#C/C(=C/Nc1ccc(Cl)c(C(F)(F)F)c1)C(=O)NCCc1ccccc1. The molecule has 27 heavy (non-hydrogen) atoms. The Hall–Kier alpha value is -2.98. The van der Waals surface area contributed by atoms with Crippen LogP contribution < -0.4 is 10.6 Å². The summed E-state index contributed by atoms with van der Waals surface area (Å²) in [7, 11) is 0. The summed E-state index contributed by atoms with van der Waals surface area (Å²) >= 11 is 5.55. The third-order valence-corrected chi connectivity index (χ3v) is 3.89. The first-order chi connectivity index (χ1) is 12.8. The van der Waals surface area contributed by atoms with Crippen molar-refractivity contribution in [1.29, 1.82) is 5.26 Å². The molecule has 2 aromatic rings. The molecule has 0 fully saturated rings. The molecule has 0 saturated heterocycles. The molecule has 2 rings (SSSR count). The summed E-state index contributed by atoms with van der Waals surface area (Å²) in [5, 5.41) is 13.8. The Morgan fingerprint density at radius 1 is 1.19 bits per heavy atom. The Kier molecular flexibility index (Phi) is 6.85. The highest BCUT2D eigenvalue weighted by Crippen LogP contribution is 2.36. The van der Waals surface area contributed by atoms with E-state index in [9.17, 15) is 18.0 Å². The van der Waals surface area contributed by atoms with Crippen LogP contribution in [0.4, 0.5) is 18.9 Å². The maximum absolute atomic E-state index is 12.9. The molecule has 0 bridgehead atoms. The minimum Gasteiger partial charge on any atom is -0.360 e. The van der Waals surface area contributed by atoms with E-state index in [4.69, 9.17) is 16.9 Å². The normalized spacial score (nSPS) is 11.6. The van der Waals surface area contributed by atoms with Crippen molar-refractivity contribution in [2.45, 2.75) is 12.6 Å². The number of anilines is 1. The largest absolute Gasteiger partial charge is 0.417 e. The number of hydrogen-bond donors (Lipinski definition) is 2. The van der Waals surface area contributed by atoms with E-state index in [1.807, 2.05) is 30.3 Å². The Morgan fingerprint density at radius 2 is 1.89 bits per heavy atom. The van der Waals surface area contributed by atoms with Crippen molar-refractivity contribution in [3.05, 3.63) is 76.5 Å². The highest BCUT2D eigenvalue weighted by molar-refractivity contribution is 6.31. The number of halogens is 4. The van der Waals surface area contributed by atoms with E-state index in [2.05, 4.69) is 10.6 Å². The molecule has 0 aromatic heterocycles. The number of benzene rings is 2. The van der Waals surface area contributed by atoms with Crippen LogP contribution in [0, 0.1) is 11.3 Å². The van der Waals surface area contributed by atoms with Crippen molar-refractivity contribution >= 4 is 23.2 Å². The summed E-state index contributed by atoms with van der Waals surface area (Å²) < 4.78 is 38.6. The molecule has 0 aliphatic carbocycles. The van der Waals surface area contributed by atoms with Gasteiger partial charge in [0.2, 0.25) is 0 Å². The summed E-state index contributed by atoms with van der Waals surface area (Å²) in [6.45, 7) is 0.320. The van der Waals surface area contributed by atoms with Gasteiger partial charge in [0.15, 0.2) is 0 Å². The van der Waals surface area contributed by atoms with Gasteiger partial charge in [0.05, 0.1) is 10.6 Å². The van der Waals surface area contributed by atoms with E-state index in [1.165, 1.54) is 6.07 Å². The van der Waals surface area contributed by atoms with E-state index in [-0.39, 0.29) is 11.3 Å². The summed E-state index contributed by atoms with van der Waals surface area (Å²) in [5.41, 5.74) is -0.184. The number of nitrogens with one attached hydrogen (secondary N) is 2. The first-order valence-corrected chi connectivity index (χ1v) is 8.24. The van der Waals surface area contributed by atoms with Gasteiger partial charge in [-0.2, -0.15) is 18.4 Å². The maximum Gasteiger partial charge on any atom is 0.417 e. The van der Waals surface area contributed by atoms with Crippen LogP contribution >= 0.6 is 11.6 Å². The smallest absolute Gasteiger partial charge is 0.360 e. The molecule has 1 amide bonds. The van der Waals surface area contributed by atoms with Gasteiger partial charge in [-0.05, 0) is 30.2 Å². The number of amides is 1. The second kappa shape index (κ2) is 9.10. The number of alkyl halides is 3. The lowest BCUT2D eigenvalue weighted by Crippen LogP contribution is -2.27. The van der Waals surface area contributed by atoms with E-state index < -0.39 is 22.7 Å². The van der Waals surface area contributed by atoms with Crippen LogP contribution in [0.5, 0.6) is 0 Å². The van der Waals surface area contributed by atoms with Crippen LogP contribution in [0.2, 0.25) is 5.02 Å². The Morgan fingerprint density at radius 3 is 2.52 bits per heavy atom. The topological polar surface area (TPSA) is 64.9 Å². The van der Waals surface area contributed by atoms with Gasteiger partial charge >= 0.3 is 6.18 Å². The number of carbonyl (C=O) groups excluding carboxylic acids is 1. The maximum atomic E-state index is 12.9. The fraction of sp³-hybridized carbons (Fsp3) is 0.158. The van der Waals surface area contributed by atoms with Crippen molar-refractivity contribution in [3.63, 3.8) is 0 Å². The number of hydrogen-bond acceptors (Lipinski definition) is 3. The minimum atomic E-state index is -4.61. The lowest BCUT2D eigenvalue weighted by Gasteiger charge is -2.11. The van der Waals surface area contributed by atoms with Crippen molar-refractivity contribution in [3.8, 4) is 6.07 Å². The van der Waals surface area contributed by atoms with E-state index in [0.29, 0.717) is 13.0 Å². The van der Waals surface area contributed by atoms with Gasteiger partial charge in [-0.3, -0.25) is 4.79 Å². The van der Waals surface area contributed by atoms with Gasteiger partial charge in [-0.25, -0.2) is 0 Å². The molecule has 140 valence electrons. The van der Waals surface area contributed by atoms with Gasteiger partial charge in [0.25, 0.3) is 5.91 Å². The molecule has 0 atom stereocenters. The number of nitrogens with zero attached hydrogens (tertiary/aromatic N) is 1. The lowest BCUT2D eigenvalue weighted by atomic mass is 10.1. The van der Waals surface area contributed by atoms with Crippen LogP contribution in [0.15, 0.2) is 60.3 Å². The second-order valence-electron chi connectivity index (χ2n) is 5.50. The van der Waals surface area contributed by atoms with Crippen molar-refractivity contribution < 1.29 is 18.0 Å². The van der Waals surface area contributed by atoms with Crippen LogP contribution in [-0.4, -0.2) is 12.5 Å². The zero-order valence-electron chi connectivity index (χ0n) is 14.0. The zero-order valence-corrected chi connectivity index (χ0v) is 14.7. The standard InChI is InChI=1S/C19H15ClF3N3O/c20-17-7-6-15(10-16(17)19(21,22)23)26-12-14(11-24)18(27)25-9-8-13-4-2-1-3-5-13/h1-7,10,12,26H,8-9H2,(H,25,27)/b14-12-.